The maximum absolute atomic E-state index is 3.36. The van der Waals surface area contributed by atoms with Crippen LogP contribution in [0.4, 0.5) is 0 Å². The first kappa shape index (κ1) is 8.97. The normalized spacial score (nSPS) is 3.25. The van der Waals surface area contributed by atoms with Crippen molar-refractivity contribution in [1.29, 1.82) is 0 Å². The molecule has 0 atom stereocenters. The van der Waals surface area contributed by atoms with Gasteiger partial charge in [0.1, 0.15) is 0 Å². The first-order valence-electron chi connectivity index (χ1n) is 0.986. The van der Waals surface area contributed by atoms with E-state index in [1.165, 1.54) is 0 Å². The van der Waals surface area contributed by atoms with Crippen LogP contribution in [0.5, 0.6) is 0 Å². The van der Waals surface area contributed by atoms with E-state index in [1.807, 2.05) is 6.92 Å². The van der Waals surface area contributed by atoms with Gasteiger partial charge in [-0.25, -0.2) is 0 Å². The Morgan fingerprint density at radius 2 is 1.75 bits per heavy atom. The second-order valence-electron chi connectivity index (χ2n) is 0.408. The van der Waals surface area contributed by atoms with E-state index in [0.29, 0.717) is 0 Å². The van der Waals surface area contributed by atoms with E-state index in [-0.39, 0.29) is 45.5 Å². The summed E-state index contributed by atoms with van der Waals surface area (Å²) in [5.41, 5.74) is 0. The summed E-state index contributed by atoms with van der Waals surface area (Å²) in [6, 6.07) is 0. The van der Waals surface area contributed by atoms with Crippen LogP contribution in [0.15, 0.2) is 12.7 Å². The fourth-order valence-electron chi connectivity index (χ4n) is 0. The summed E-state index contributed by atoms with van der Waals surface area (Å²) in [5.74, 6) is 0. The van der Waals surface area contributed by atoms with Crippen LogP contribution >= 0.6 is 0 Å². The number of rotatable bonds is 0. The Balaban J connectivity index is 0. The number of allylic oxidation sites excluding steroid dienone is 1. The Kier molecular flexibility index (Phi) is 19.9. The standard InChI is InChI=1S/C3H6.Sr.2H/c1-3-2;;;/h3H,1H2,2H3;;;. The van der Waals surface area contributed by atoms with Crippen LogP contribution in [0.3, 0.4) is 0 Å². The van der Waals surface area contributed by atoms with Crippen molar-refractivity contribution in [2.24, 2.45) is 0 Å². The van der Waals surface area contributed by atoms with Gasteiger partial charge in [-0.1, -0.05) is 6.08 Å². The van der Waals surface area contributed by atoms with E-state index in [4.69, 9.17) is 0 Å². The van der Waals surface area contributed by atoms with Gasteiger partial charge in [0, 0.05) is 0 Å². The third kappa shape index (κ3) is 10.7. The molecule has 0 N–H and O–H groups in total. The molecule has 0 unspecified atom stereocenters. The summed E-state index contributed by atoms with van der Waals surface area (Å²) in [4.78, 5) is 0. The van der Waals surface area contributed by atoms with Gasteiger partial charge in [0.15, 0.2) is 0 Å². The molecule has 22 valence electrons. The summed E-state index contributed by atoms with van der Waals surface area (Å²) in [6.07, 6.45) is 1.75. The zero-order chi connectivity index (χ0) is 2.71. The van der Waals surface area contributed by atoms with Crippen molar-refractivity contribution < 1.29 is 0 Å². The van der Waals surface area contributed by atoms with Crippen molar-refractivity contribution in [3.05, 3.63) is 12.7 Å². The van der Waals surface area contributed by atoms with Crippen molar-refractivity contribution in [2.75, 3.05) is 0 Å². The summed E-state index contributed by atoms with van der Waals surface area (Å²) in [6.45, 7) is 5.25. The zero-order valence-electron chi connectivity index (χ0n) is 2.28. The molecule has 0 aliphatic rings. The maximum atomic E-state index is 3.36. The van der Waals surface area contributed by atoms with E-state index in [2.05, 4.69) is 6.58 Å². The first-order valence-corrected chi connectivity index (χ1v) is 0.986. The molecule has 0 saturated carbocycles. The molecule has 0 radical (unpaired) electrons. The minimum atomic E-state index is 0. The predicted octanol–water partition coefficient (Wildman–Crippen LogP) is 0.276. The molecule has 0 rings (SSSR count). The van der Waals surface area contributed by atoms with Crippen LogP contribution < -0.4 is 0 Å². The molecule has 0 aliphatic carbocycles. The van der Waals surface area contributed by atoms with Gasteiger partial charge in [0.25, 0.3) is 0 Å². The molecule has 0 saturated heterocycles. The Bertz CT molecular complexity index is 10.8. The molecule has 0 nitrogen and oxygen atoms in total. The van der Waals surface area contributed by atoms with Crippen LogP contribution in [-0.4, -0.2) is 45.5 Å². The molecule has 0 aromatic carbocycles. The van der Waals surface area contributed by atoms with Crippen LogP contribution in [0.2, 0.25) is 0 Å². The molecule has 0 aliphatic heterocycles. The Morgan fingerprint density at radius 1 is 1.75 bits per heavy atom. The monoisotopic (exact) mass is 132 g/mol. The van der Waals surface area contributed by atoms with Crippen molar-refractivity contribution in [2.45, 2.75) is 6.92 Å². The van der Waals surface area contributed by atoms with Gasteiger partial charge in [-0.2, -0.15) is 0 Å². The van der Waals surface area contributed by atoms with E-state index >= 15 is 0 Å². The molecule has 0 heterocycles. The summed E-state index contributed by atoms with van der Waals surface area (Å²) < 4.78 is 0. The summed E-state index contributed by atoms with van der Waals surface area (Å²) >= 11 is 0. The molecule has 0 aromatic rings. The summed E-state index contributed by atoms with van der Waals surface area (Å²) in [5, 5.41) is 0. The SMILES string of the molecule is C=CC.[SrH2]. The van der Waals surface area contributed by atoms with E-state index in [1.54, 1.807) is 6.08 Å². The van der Waals surface area contributed by atoms with Gasteiger partial charge < -0.3 is 0 Å². The van der Waals surface area contributed by atoms with Crippen LogP contribution in [-0.2, 0) is 0 Å². The van der Waals surface area contributed by atoms with Gasteiger partial charge in [-0.05, 0) is 6.92 Å². The van der Waals surface area contributed by atoms with E-state index < -0.39 is 0 Å². The van der Waals surface area contributed by atoms with Crippen molar-refractivity contribution in [3.8, 4) is 0 Å². The van der Waals surface area contributed by atoms with Gasteiger partial charge in [-0.3, -0.25) is 0 Å². The van der Waals surface area contributed by atoms with Crippen molar-refractivity contribution in [3.63, 3.8) is 0 Å². The van der Waals surface area contributed by atoms with Crippen LogP contribution in [0.25, 0.3) is 0 Å². The molecule has 0 amide bonds. The second-order valence-corrected chi connectivity index (χ2v) is 0.408. The Morgan fingerprint density at radius 3 is 1.75 bits per heavy atom. The molecule has 0 spiro atoms. The third-order valence-corrected chi connectivity index (χ3v) is 0. The first-order chi connectivity index (χ1) is 1.41. The Hall–Kier alpha value is 1.22. The number of hydrogen-bond acceptors (Lipinski definition) is 0. The van der Waals surface area contributed by atoms with Crippen molar-refractivity contribution in [1.82, 2.24) is 0 Å². The Labute approximate surface area is 64.2 Å². The predicted molar refractivity (Wildman–Crippen MR) is 24.4 cm³/mol. The zero-order valence-corrected chi connectivity index (χ0v) is 2.28. The minimum absolute atomic E-state index is 0. The molecule has 0 bridgehead atoms. The molecular formula is C3H8Sr. The molecule has 4 heavy (non-hydrogen) atoms. The van der Waals surface area contributed by atoms with Gasteiger partial charge in [0.2, 0.25) is 0 Å². The summed E-state index contributed by atoms with van der Waals surface area (Å²) in [7, 11) is 0. The quantitative estimate of drug-likeness (QED) is 0.327. The fraction of sp³-hybridized carbons (Fsp3) is 0.333. The second kappa shape index (κ2) is 8.88. The molecule has 0 aromatic heterocycles. The van der Waals surface area contributed by atoms with E-state index in [0.717, 1.165) is 0 Å². The average molecular weight is 132 g/mol. The van der Waals surface area contributed by atoms with E-state index in [9.17, 15) is 0 Å². The van der Waals surface area contributed by atoms with Gasteiger partial charge in [0.05, 0.1) is 0 Å². The molecular weight excluding hydrogens is 124 g/mol. The molecule has 1 heteroatoms. The fourth-order valence-corrected chi connectivity index (χ4v) is 0. The van der Waals surface area contributed by atoms with Crippen LogP contribution in [0, 0.1) is 0 Å². The number of hydrogen-bond donors (Lipinski definition) is 0. The molecule has 0 fully saturated rings. The third-order valence-electron chi connectivity index (χ3n) is 0. The van der Waals surface area contributed by atoms with Gasteiger partial charge >= 0.3 is 45.5 Å². The average Bonchev–Trinajstić information content (AvgIpc) is 0.918. The topological polar surface area (TPSA) is 0 Å². The van der Waals surface area contributed by atoms with Crippen molar-refractivity contribution >= 4 is 45.5 Å². The van der Waals surface area contributed by atoms with Crippen LogP contribution in [0.1, 0.15) is 6.92 Å². The van der Waals surface area contributed by atoms with Gasteiger partial charge in [-0.15, -0.1) is 6.58 Å².